The zero-order valence-corrected chi connectivity index (χ0v) is 13.4. The second-order valence-electron chi connectivity index (χ2n) is 4.02. The minimum atomic E-state index is -3.71. The van der Waals surface area contributed by atoms with Crippen LogP contribution < -0.4 is 10.5 Å². The van der Waals surface area contributed by atoms with E-state index in [1.54, 1.807) is 11.8 Å². The van der Waals surface area contributed by atoms with E-state index < -0.39 is 14.9 Å². The topological polar surface area (TPSA) is 115 Å². The lowest BCUT2D eigenvalue weighted by atomic mass is 10.2. The number of nitrogens with two attached hydrogens (primary N) is 1. The van der Waals surface area contributed by atoms with Gasteiger partial charge in [0.05, 0.1) is 4.92 Å². The first-order valence-corrected chi connectivity index (χ1v) is 9.60. The van der Waals surface area contributed by atoms with E-state index in [1.807, 2.05) is 6.26 Å². The van der Waals surface area contributed by atoms with E-state index in [2.05, 4.69) is 4.72 Å². The second-order valence-corrected chi connectivity index (χ2v) is 8.09. The molecule has 0 bridgehead atoms. The third-order valence-corrected chi connectivity index (χ3v) is 6.08. The van der Waals surface area contributed by atoms with Crippen molar-refractivity contribution in [2.24, 2.45) is 0 Å². The Bertz CT molecular complexity index is 556. The fourth-order valence-electron chi connectivity index (χ4n) is 1.47. The van der Waals surface area contributed by atoms with Gasteiger partial charge in [0.2, 0.25) is 10.0 Å². The number of nitrogens with one attached hydrogen (secondary N) is 1. The molecule has 0 spiro atoms. The van der Waals surface area contributed by atoms with Crippen molar-refractivity contribution in [1.82, 2.24) is 4.72 Å². The van der Waals surface area contributed by atoms with Crippen molar-refractivity contribution < 1.29 is 13.3 Å². The Hall–Kier alpha value is -0.840. The highest BCUT2D eigenvalue weighted by atomic mass is 32.2. The Labute approximate surface area is 126 Å². The van der Waals surface area contributed by atoms with Crippen LogP contribution in [0.2, 0.25) is 0 Å². The summed E-state index contributed by atoms with van der Waals surface area (Å²) in [6.07, 6.45) is 4.75. The van der Waals surface area contributed by atoms with Crippen LogP contribution in [-0.4, -0.2) is 31.9 Å². The molecule has 1 rings (SSSR count). The van der Waals surface area contributed by atoms with Gasteiger partial charge in [-0.2, -0.15) is 11.8 Å². The number of unbranched alkanes of at least 4 members (excludes halogenated alkanes) is 2. The van der Waals surface area contributed by atoms with Gasteiger partial charge in [0.1, 0.15) is 4.21 Å². The van der Waals surface area contributed by atoms with Crippen molar-refractivity contribution >= 4 is 43.8 Å². The number of rotatable bonds is 9. The molecule has 1 heterocycles. The Morgan fingerprint density at radius 1 is 1.45 bits per heavy atom. The van der Waals surface area contributed by atoms with Gasteiger partial charge >= 0.3 is 5.69 Å². The van der Waals surface area contributed by atoms with Crippen LogP contribution in [0.3, 0.4) is 0 Å². The van der Waals surface area contributed by atoms with Crippen molar-refractivity contribution in [3.05, 3.63) is 16.2 Å². The maximum atomic E-state index is 11.9. The molecule has 0 saturated heterocycles. The van der Waals surface area contributed by atoms with Gasteiger partial charge in [-0.25, -0.2) is 13.1 Å². The summed E-state index contributed by atoms with van der Waals surface area (Å²) < 4.78 is 26.2. The molecule has 0 radical (unpaired) electrons. The highest BCUT2D eigenvalue weighted by molar-refractivity contribution is 7.98. The van der Waals surface area contributed by atoms with Crippen molar-refractivity contribution in [3.8, 4) is 0 Å². The summed E-state index contributed by atoms with van der Waals surface area (Å²) in [5.41, 5.74) is 5.07. The smallest absolute Gasteiger partial charge is 0.304 e. The summed E-state index contributed by atoms with van der Waals surface area (Å²) in [5.74, 6) is 1.06. The minimum absolute atomic E-state index is 0.102. The lowest BCUT2D eigenvalue weighted by Crippen LogP contribution is -2.24. The molecule has 20 heavy (non-hydrogen) atoms. The molecule has 0 atom stereocenters. The molecule has 1 aromatic heterocycles. The molecule has 3 N–H and O–H groups in total. The molecular formula is C10H17N3O4S3. The molecule has 1 aromatic rings. The first-order chi connectivity index (χ1) is 9.38. The normalized spacial score (nSPS) is 11.7. The number of hydrogen-bond acceptors (Lipinski definition) is 7. The van der Waals surface area contributed by atoms with Crippen molar-refractivity contribution in [3.63, 3.8) is 0 Å². The van der Waals surface area contributed by atoms with Gasteiger partial charge < -0.3 is 5.73 Å². The fourth-order valence-corrected chi connectivity index (χ4v) is 4.30. The van der Waals surface area contributed by atoms with E-state index in [4.69, 9.17) is 5.73 Å². The molecular weight excluding hydrogens is 322 g/mol. The maximum absolute atomic E-state index is 11.9. The van der Waals surface area contributed by atoms with Crippen molar-refractivity contribution in [2.45, 2.75) is 23.5 Å². The predicted octanol–water partition coefficient (Wildman–Crippen LogP) is 2.05. The summed E-state index contributed by atoms with van der Waals surface area (Å²) in [7, 11) is -3.71. The lowest BCUT2D eigenvalue weighted by Gasteiger charge is -2.04. The zero-order valence-electron chi connectivity index (χ0n) is 11.0. The first kappa shape index (κ1) is 17.2. The number of thiophene rings is 1. The number of nitrogen functional groups attached to an aromatic ring is 1. The van der Waals surface area contributed by atoms with Gasteiger partial charge in [0.25, 0.3) is 0 Å². The van der Waals surface area contributed by atoms with E-state index in [1.165, 1.54) is 0 Å². The number of nitrogens with zero attached hydrogens (tertiary/aromatic N) is 1. The molecule has 0 fully saturated rings. The molecule has 0 saturated carbocycles. The third-order valence-electron chi connectivity index (χ3n) is 2.50. The van der Waals surface area contributed by atoms with Gasteiger partial charge in [-0.1, -0.05) is 17.8 Å². The monoisotopic (exact) mass is 339 g/mol. The number of thioether (sulfide) groups is 1. The fraction of sp³-hybridized carbons (Fsp3) is 0.600. The molecule has 0 aliphatic heterocycles. The Morgan fingerprint density at radius 3 is 2.70 bits per heavy atom. The zero-order chi connectivity index (χ0) is 15.2. The molecule has 114 valence electrons. The quantitative estimate of drug-likeness (QED) is 0.404. The van der Waals surface area contributed by atoms with Crippen LogP contribution in [0, 0.1) is 10.1 Å². The SMILES string of the molecule is CSCCCCCNS(=O)(=O)c1cc([N+](=O)[O-])c(N)s1. The number of hydrogen-bond donors (Lipinski definition) is 2. The average molecular weight is 339 g/mol. The van der Waals surface area contributed by atoms with Crippen LogP contribution >= 0.6 is 23.1 Å². The van der Waals surface area contributed by atoms with Gasteiger partial charge in [-0.15, -0.1) is 0 Å². The predicted molar refractivity (Wildman–Crippen MR) is 82.8 cm³/mol. The molecule has 0 amide bonds. The van der Waals surface area contributed by atoms with E-state index in [0.29, 0.717) is 17.9 Å². The maximum Gasteiger partial charge on any atom is 0.304 e. The van der Waals surface area contributed by atoms with Crippen LogP contribution in [0.15, 0.2) is 10.3 Å². The summed E-state index contributed by atoms with van der Waals surface area (Å²) >= 11 is 2.46. The number of nitro groups is 1. The summed E-state index contributed by atoms with van der Waals surface area (Å²) in [4.78, 5) is 9.95. The van der Waals surface area contributed by atoms with E-state index >= 15 is 0 Å². The largest absolute Gasteiger partial charge is 0.385 e. The van der Waals surface area contributed by atoms with Gasteiger partial charge in [-0.3, -0.25) is 10.1 Å². The minimum Gasteiger partial charge on any atom is -0.385 e. The summed E-state index contributed by atoms with van der Waals surface area (Å²) in [6, 6.07) is 0.996. The number of anilines is 1. The first-order valence-electron chi connectivity index (χ1n) is 5.91. The van der Waals surface area contributed by atoms with Crippen molar-refractivity contribution in [1.29, 1.82) is 0 Å². The van der Waals surface area contributed by atoms with Crippen molar-refractivity contribution in [2.75, 3.05) is 24.3 Å². The molecule has 0 aliphatic carbocycles. The van der Waals surface area contributed by atoms with E-state index in [9.17, 15) is 18.5 Å². The molecule has 10 heteroatoms. The molecule has 7 nitrogen and oxygen atoms in total. The standard InChI is InChI=1S/C10H17N3O4S3/c1-18-6-4-2-3-5-12-20(16,17)9-7-8(13(14)15)10(11)19-9/h7,12H,2-6,11H2,1H3. The van der Waals surface area contributed by atoms with Crippen LogP contribution in [0.1, 0.15) is 19.3 Å². The number of sulfonamides is 1. The molecule has 0 unspecified atom stereocenters. The van der Waals surface area contributed by atoms with Gasteiger partial charge in [0.15, 0.2) is 5.00 Å². The van der Waals surface area contributed by atoms with Crippen LogP contribution in [0.4, 0.5) is 10.7 Å². The van der Waals surface area contributed by atoms with Gasteiger partial charge in [-0.05, 0) is 24.9 Å². The Balaban J connectivity index is 2.56. The Kier molecular flexibility index (Phi) is 6.72. The summed E-state index contributed by atoms with van der Waals surface area (Å²) in [5, 5.41) is 10.5. The van der Waals surface area contributed by atoms with E-state index in [0.717, 1.165) is 31.1 Å². The highest BCUT2D eigenvalue weighted by Gasteiger charge is 2.24. The second kappa shape index (κ2) is 7.81. The highest BCUT2D eigenvalue weighted by Crippen LogP contribution is 2.34. The van der Waals surface area contributed by atoms with E-state index in [-0.39, 0.29) is 14.9 Å². The average Bonchev–Trinajstić information content (AvgIpc) is 2.76. The summed E-state index contributed by atoms with van der Waals surface area (Å²) in [6.45, 7) is 0.322. The van der Waals surface area contributed by atoms with Crippen LogP contribution in [0.25, 0.3) is 0 Å². The van der Waals surface area contributed by atoms with Crippen LogP contribution in [-0.2, 0) is 10.0 Å². The van der Waals surface area contributed by atoms with Gasteiger partial charge in [0, 0.05) is 12.6 Å². The molecule has 0 aliphatic rings. The van der Waals surface area contributed by atoms with Crippen LogP contribution in [0.5, 0.6) is 0 Å². The molecule has 0 aromatic carbocycles. The third kappa shape index (κ3) is 4.93. The Morgan fingerprint density at radius 2 is 2.15 bits per heavy atom. The lowest BCUT2D eigenvalue weighted by molar-refractivity contribution is -0.383.